The Morgan fingerprint density at radius 2 is 1.64 bits per heavy atom. The zero-order valence-corrected chi connectivity index (χ0v) is 29.1. The molecule has 11 heteroatoms. The van der Waals surface area contributed by atoms with Crippen molar-refractivity contribution in [2.75, 3.05) is 0 Å². The molecule has 1 aliphatic carbocycles. The van der Waals surface area contributed by atoms with Crippen LogP contribution in [0.4, 0.5) is 0 Å². The molecule has 1 saturated heterocycles. The van der Waals surface area contributed by atoms with Crippen molar-refractivity contribution in [3.05, 3.63) is 70.7 Å². The highest BCUT2D eigenvalue weighted by Crippen LogP contribution is 2.62. The fraction of sp³-hybridized carbons (Fsp3) is 0.487. The number of carboxylic acids is 1. The smallest absolute Gasteiger partial charge is 0.335 e. The van der Waals surface area contributed by atoms with Gasteiger partial charge in [0, 0.05) is 47.7 Å². The molecule has 3 aromatic heterocycles. The predicted molar refractivity (Wildman–Crippen MR) is 187 cm³/mol. The van der Waals surface area contributed by atoms with Gasteiger partial charge in [-0.25, -0.2) is 14.8 Å². The number of pyridine rings is 1. The molecule has 260 valence electrons. The van der Waals surface area contributed by atoms with Gasteiger partial charge in [0.25, 0.3) is 0 Å². The molecular weight excluding hydrogens is 632 g/mol. The summed E-state index contributed by atoms with van der Waals surface area (Å²) < 4.78 is 1.68. The lowest BCUT2D eigenvalue weighted by Gasteiger charge is -2.27. The van der Waals surface area contributed by atoms with Crippen molar-refractivity contribution >= 4 is 34.3 Å². The summed E-state index contributed by atoms with van der Waals surface area (Å²) in [6, 6.07) is 6.35. The molecule has 2 bridgehead atoms. The van der Waals surface area contributed by atoms with E-state index in [0.717, 1.165) is 73.6 Å². The number of Topliss-reactive ketones (excluding diaryl/α,β-unsaturated/α-hetero) is 2. The van der Waals surface area contributed by atoms with Crippen molar-refractivity contribution in [3.8, 4) is 11.1 Å². The van der Waals surface area contributed by atoms with E-state index >= 15 is 0 Å². The summed E-state index contributed by atoms with van der Waals surface area (Å²) in [6.07, 6.45) is 14.5. The van der Waals surface area contributed by atoms with Gasteiger partial charge in [-0.05, 0) is 86.8 Å². The Morgan fingerprint density at radius 1 is 0.920 bits per heavy atom. The third kappa shape index (κ3) is 6.57. The number of ketones is 2. The topological polar surface area (TPSA) is 148 Å². The summed E-state index contributed by atoms with van der Waals surface area (Å²) in [5, 5.41) is 15.0. The molecule has 1 saturated carbocycles. The molecule has 4 aromatic rings. The summed E-state index contributed by atoms with van der Waals surface area (Å²) >= 11 is 0. The van der Waals surface area contributed by atoms with Gasteiger partial charge in [-0.1, -0.05) is 38.5 Å². The molecule has 0 spiro atoms. The first-order valence-electron chi connectivity index (χ1n) is 17.9. The van der Waals surface area contributed by atoms with Gasteiger partial charge in [0.1, 0.15) is 18.1 Å². The first-order valence-corrected chi connectivity index (χ1v) is 17.9. The maximum absolute atomic E-state index is 14.5. The van der Waals surface area contributed by atoms with Crippen LogP contribution in [0.5, 0.6) is 0 Å². The zero-order chi connectivity index (χ0) is 35.2. The van der Waals surface area contributed by atoms with Gasteiger partial charge < -0.3 is 10.0 Å². The minimum Gasteiger partial charge on any atom is -0.478 e. The van der Waals surface area contributed by atoms with Crippen molar-refractivity contribution in [2.45, 2.75) is 116 Å². The summed E-state index contributed by atoms with van der Waals surface area (Å²) in [5.74, 6) is -0.908. The number of aromatic carboxylic acids is 1. The van der Waals surface area contributed by atoms with E-state index in [1.807, 2.05) is 13.0 Å². The molecule has 3 aliphatic rings. The molecule has 0 unspecified atom stereocenters. The molecule has 2 fully saturated rings. The Kier molecular flexibility index (Phi) is 9.09. The maximum atomic E-state index is 14.5. The van der Waals surface area contributed by atoms with Crippen LogP contribution >= 0.6 is 0 Å². The number of benzene rings is 1. The number of carbonyl (C=O) groups excluding carboxylic acids is 3. The third-order valence-corrected chi connectivity index (χ3v) is 11.0. The summed E-state index contributed by atoms with van der Waals surface area (Å²) in [7, 11) is 0. The molecule has 1 N–H and O–H groups in total. The normalized spacial score (nSPS) is 22.6. The van der Waals surface area contributed by atoms with Crippen molar-refractivity contribution in [1.82, 2.24) is 29.6 Å². The summed E-state index contributed by atoms with van der Waals surface area (Å²) in [5.41, 5.74) is 4.79. The highest BCUT2D eigenvalue weighted by molar-refractivity contribution is 6.07. The van der Waals surface area contributed by atoms with Gasteiger partial charge in [-0.3, -0.25) is 24.0 Å². The van der Waals surface area contributed by atoms with E-state index < -0.39 is 12.0 Å². The number of hydrogen-bond donors (Lipinski definition) is 1. The van der Waals surface area contributed by atoms with Crippen molar-refractivity contribution < 1.29 is 24.3 Å². The van der Waals surface area contributed by atoms with E-state index in [0.29, 0.717) is 34.7 Å². The minimum absolute atomic E-state index is 0.0265. The minimum atomic E-state index is -1.07. The molecule has 11 nitrogen and oxygen atoms in total. The van der Waals surface area contributed by atoms with Crippen molar-refractivity contribution in [1.29, 1.82) is 0 Å². The molecule has 7 rings (SSSR count). The number of hydrogen-bond acceptors (Lipinski definition) is 8. The second-order valence-corrected chi connectivity index (χ2v) is 14.6. The van der Waals surface area contributed by atoms with E-state index in [2.05, 4.69) is 21.0 Å². The average molecular weight is 677 g/mol. The highest BCUT2D eigenvalue weighted by Gasteiger charge is 2.66. The largest absolute Gasteiger partial charge is 0.478 e. The van der Waals surface area contributed by atoms with Crippen LogP contribution in [0.15, 0.2) is 36.7 Å². The van der Waals surface area contributed by atoms with Crippen LogP contribution in [0.3, 0.4) is 0 Å². The molecule has 1 amide bonds. The van der Waals surface area contributed by atoms with E-state index in [4.69, 9.17) is 5.10 Å². The lowest BCUT2D eigenvalue weighted by atomic mass is 9.90. The Hall–Kier alpha value is -4.80. The van der Waals surface area contributed by atoms with Crippen LogP contribution < -0.4 is 0 Å². The number of aryl methyl sites for hydroxylation is 3. The van der Waals surface area contributed by atoms with Gasteiger partial charge in [-0.15, -0.1) is 0 Å². The molecule has 5 heterocycles. The van der Waals surface area contributed by atoms with Crippen LogP contribution in [-0.2, 0) is 29.0 Å². The van der Waals surface area contributed by atoms with Gasteiger partial charge >= 0.3 is 5.97 Å². The first kappa shape index (κ1) is 33.7. The second kappa shape index (κ2) is 13.5. The predicted octanol–water partition coefficient (Wildman–Crippen LogP) is 6.25. The number of amides is 1. The zero-order valence-electron chi connectivity index (χ0n) is 29.1. The SMILES string of the molecule is CC(=O)c1nn2c3c(cc(-c4cnc(C)nc4)cc13)CCCCCCCCC[C@@]13C[C@@H](C(=O)Cc4cc(C(=O)O)cc(C)n4)N(C(=O)C2)[C@@H]1C3. The van der Waals surface area contributed by atoms with Crippen molar-refractivity contribution in [3.63, 3.8) is 0 Å². The van der Waals surface area contributed by atoms with Crippen molar-refractivity contribution in [2.24, 2.45) is 5.41 Å². The fourth-order valence-corrected chi connectivity index (χ4v) is 8.44. The Morgan fingerprint density at radius 3 is 2.36 bits per heavy atom. The molecule has 2 aliphatic heterocycles. The quantitative estimate of drug-likeness (QED) is 0.234. The number of carbonyl (C=O) groups is 4. The lowest BCUT2D eigenvalue weighted by molar-refractivity contribution is -0.139. The van der Waals surface area contributed by atoms with Crippen LogP contribution in [0, 0.1) is 19.3 Å². The van der Waals surface area contributed by atoms with Crippen LogP contribution in [-0.4, -0.2) is 70.3 Å². The van der Waals surface area contributed by atoms with Crippen LogP contribution in [0.2, 0.25) is 0 Å². The Bertz CT molecular complexity index is 2000. The van der Waals surface area contributed by atoms with Crippen LogP contribution in [0.25, 0.3) is 22.0 Å². The molecule has 3 atom stereocenters. The Balaban J connectivity index is 1.27. The number of carboxylic acid groups (broad SMARTS) is 1. The average Bonchev–Trinajstić information content (AvgIpc) is 3.48. The number of nitrogens with zero attached hydrogens (tertiary/aromatic N) is 6. The fourth-order valence-electron chi connectivity index (χ4n) is 8.44. The summed E-state index contributed by atoms with van der Waals surface area (Å²) in [4.78, 5) is 68.3. The van der Waals surface area contributed by atoms with E-state index in [-0.39, 0.29) is 47.5 Å². The summed E-state index contributed by atoms with van der Waals surface area (Å²) in [6.45, 7) is 4.96. The van der Waals surface area contributed by atoms with Gasteiger partial charge in [0.05, 0.1) is 23.5 Å². The standard InChI is InChI=1S/C39H44N6O5/c1-23-13-28(38(49)50)15-30(42-23)17-33(47)32-18-39-12-10-8-6-4-5-7-9-11-26-14-27(29-20-40-25(3)41-21-29)16-31-36(24(2)46)43-44(37(26)31)22-35(48)45(32)34(39)19-39/h13-16,20-21,32,34H,4-12,17-19,22H2,1-3H3,(H,49,50)/t32-,34+,39-/m0/s1. The Labute approximate surface area is 291 Å². The monoisotopic (exact) mass is 676 g/mol. The highest BCUT2D eigenvalue weighted by atomic mass is 16.4. The second-order valence-electron chi connectivity index (χ2n) is 14.6. The third-order valence-electron chi connectivity index (χ3n) is 11.0. The maximum Gasteiger partial charge on any atom is 0.335 e. The number of aromatic nitrogens is 5. The van der Waals surface area contributed by atoms with Gasteiger partial charge in [0.15, 0.2) is 11.6 Å². The lowest BCUT2D eigenvalue weighted by Crippen LogP contribution is -2.45. The van der Waals surface area contributed by atoms with E-state index in [1.54, 1.807) is 28.9 Å². The van der Waals surface area contributed by atoms with Gasteiger partial charge in [-0.2, -0.15) is 5.10 Å². The van der Waals surface area contributed by atoms with E-state index in [9.17, 15) is 24.3 Å². The van der Waals surface area contributed by atoms with Crippen LogP contribution in [0.1, 0.15) is 115 Å². The number of piperidine rings is 1. The van der Waals surface area contributed by atoms with Gasteiger partial charge in [0.2, 0.25) is 5.91 Å². The molecule has 50 heavy (non-hydrogen) atoms. The molecule has 1 aromatic carbocycles. The number of rotatable bonds is 6. The van der Waals surface area contributed by atoms with E-state index in [1.165, 1.54) is 31.9 Å². The molecular formula is C39H44N6O5. The molecule has 0 radical (unpaired) electrons. The first-order chi connectivity index (χ1) is 24.0.